The summed E-state index contributed by atoms with van der Waals surface area (Å²) < 4.78 is 0. The molecule has 0 amide bonds. The molecule has 1 aliphatic rings. The predicted molar refractivity (Wildman–Crippen MR) is 71.4 cm³/mol. The van der Waals surface area contributed by atoms with Crippen LogP contribution >= 0.6 is 0 Å². The number of aromatic nitrogens is 2. The van der Waals surface area contributed by atoms with Crippen molar-refractivity contribution in [1.29, 1.82) is 0 Å². The fraction of sp³-hybridized carbons (Fsp3) is 0.429. The van der Waals surface area contributed by atoms with Gasteiger partial charge < -0.3 is 10.4 Å². The van der Waals surface area contributed by atoms with Gasteiger partial charge in [0.15, 0.2) is 5.82 Å². The van der Waals surface area contributed by atoms with Gasteiger partial charge in [-0.25, -0.2) is 0 Å². The van der Waals surface area contributed by atoms with Crippen molar-refractivity contribution in [3.63, 3.8) is 0 Å². The van der Waals surface area contributed by atoms with Gasteiger partial charge in [0.05, 0.1) is 11.8 Å². The van der Waals surface area contributed by atoms with Gasteiger partial charge in [0.1, 0.15) is 0 Å². The molecule has 1 aliphatic carbocycles. The van der Waals surface area contributed by atoms with Crippen LogP contribution in [-0.4, -0.2) is 27.4 Å². The predicted octanol–water partition coefficient (Wildman–Crippen LogP) is 2.35. The summed E-state index contributed by atoms with van der Waals surface area (Å²) in [4.78, 5) is 0. The first kappa shape index (κ1) is 11.4. The van der Waals surface area contributed by atoms with Crippen molar-refractivity contribution >= 4 is 16.6 Å². The molecule has 4 heteroatoms. The molecule has 3 rings (SSSR count). The molecule has 4 nitrogen and oxygen atoms in total. The number of nitrogens with zero attached hydrogens (tertiary/aromatic N) is 2. The highest BCUT2D eigenvalue weighted by atomic mass is 16.3. The lowest BCUT2D eigenvalue weighted by atomic mass is 10.0. The van der Waals surface area contributed by atoms with Crippen molar-refractivity contribution in [3.8, 4) is 0 Å². The second-order valence-corrected chi connectivity index (χ2v) is 5.07. The standard InChI is InChI=1S/C14H17N3O/c18-14(7-3-4-8-14)10-15-13-12-6-2-1-5-11(12)9-16-17-13/h1-2,5-6,9,18H,3-4,7-8,10H2,(H,15,17). The highest BCUT2D eigenvalue weighted by Gasteiger charge is 2.30. The molecular weight excluding hydrogens is 226 g/mol. The smallest absolute Gasteiger partial charge is 0.156 e. The van der Waals surface area contributed by atoms with Crippen molar-refractivity contribution in [2.45, 2.75) is 31.3 Å². The van der Waals surface area contributed by atoms with E-state index in [1.807, 2.05) is 24.3 Å². The summed E-state index contributed by atoms with van der Waals surface area (Å²) in [6, 6.07) is 8.00. The number of hydrogen-bond donors (Lipinski definition) is 2. The van der Waals surface area contributed by atoms with E-state index in [0.717, 1.165) is 42.3 Å². The average molecular weight is 243 g/mol. The number of hydrogen-bond acceptors (Lipinski definition) is 4. The van der Waals surface area contributed by atoms with Crippen LogP contribution in [0.25, 0.3) is 10.8 Å². The van der Waals surface area contributed by atoms with Gasteiger partial charge >= 0.3 is 0 Å². The quantitative estimate of drug-likeness (QED) is 0.868. The van der Waals surface area contributed by atoms with Crippen LogP contribution in [-0.2, 0) is 0 Å². The SMILES string of the molecule is OC1(CNc2nncc3ccccc23)CCCC1. The number of rotatable bonds is 3. The molecule has 0 unspecified atom stereocenters. The lowest BCUT2D eigenvalue weighted by Gasteiger charge is -2.22. The topological polar surface area (TPSA) is 58.0 Å². The van der Waals surface area contributed by atoms with Crippen molar-refractivity contribution in [2.75, 3.05) is 11.9 Å². The van der Waals surface area contributed by atoms with Gasteiger partial charge in [-0.3, -0.25) is 0 Å². The normalized spacial score (nSPS) is 18.1. The lowest BCUT2D eigenvalue weighted by molar-refractivity contribution is 0.0614. The third-order valence-electron chi connectivity index (χ3n) is 3.69. The van der Waals surface area contributed by atoms with Crippen LogP contribution < -0.4 is 5.32 Å². The van der Waals surface area contributed by atoms with Gasteiger partial charge in [-0.1, -0.05) is 37.1 Å². The third kappa shape index (κ3) is 2.16. The summed E-state index contributed by atoms with van der Waals surface area (Å²) in [5.41, 5.74) is -0.571. The van der Waals surface area contributed by atoms with E-state index in [4.69, 9.17) is 0 Å². The summed E-state index contributed by atoms with van der Waals surface area (Å²) >= 11 is 0. The number of nitrogens with one attached hydrogen (secondary N) is 1. The Balaban J connectivity index is 1.82. The maximum absolute atomic E-state index is 10.3. The number of anilines is 1. The second kappa shape index (κ2) is 4.53. The van der Waals surface area contributed by atoms with E-state index in [1.54, 1.807) is 6.20 Å². The number of fused-ring (bicyclic) bond motifs is 1. The molecule has 94 valence electrons. The number of benzene rings is 1. The molecule has 0 saturated heterocycles. The Morgan fingerprint density at radius 2 is 2.00 bits per heavy atom. The van der Waals surface area contributed by atoms with Crippen LogP contribution in [0, 0.1) is 0 Å². The summed E-state index contributed by atoms with van der Waals surface area (Å²) in [6.45, 7) is 0.551. The summed E-state index contributed by atoms with van der Waals surface area (Å²) in [5.74, 6) is 0.758. The minimum atomic E-state index is -0.571. The van der Waals surface area contributed by atoms with Gasteiger partial charge in [-0.05, 0) is 12.8 Å². The maximum atomic E-state index is 10.3. The molecule has 0 aliphatic heterocycles. The first-order valence-corrected chi connectivity index (χ1v) is 6.44. The molecule has 18 heavy (non-hydrogen) atoms. The lowest BCUT2D eigenvalue weighted by Crippen LogP contribution is -2.33. The van der Waals surface area contributed by atoms with Crippen LogP contribution in [0.4, 0.5) is 5.82 Å². The minimum absolute atomic E-state index is 0.551. The molecule has 0 atom stereocenters. The van der Waals surface area contributed by atoms with Gasteiger partial charge in [0.25, 0.3) is 0 Å². The number of aliphatic hydroxyl groups is 1. The van der Waals surface area contributed by atoms with E-state index in [0.29, 0.717) is 6.54 Å². The molecule has 0 radical (unpaired) electrons. The Labute approximate surface area is 106 Å². The average Bonchev–Trinajstić information content (AvgIpc) is 2.84. The molecule has 1 heterocycles. The minimum Gasteiger partial charge on any atom is -0.388 e. The van der Waals surface area contributed by atoms with Crippen LogP contribution in [0.1, 0.15) is 25.7 Å². The first-order valence-electron chi connectivity index (χ1n) is 6.44. The van der Waals surface area contributed by atoms with E-state index in [1.165, 1.54) is 0 Å². The fourth-order valence-electron chi connectivity index (χ4n) is 2.62. The molecular formula is C14H17N3O. The summed E-state index contributed by atoms with van der Waals surface area (Å²) in [7, 11) is 0. The molecule has 0 bridgehead atoms. The third-order valence-corrected chi connectivity index (χ3v) is 3.69. The van der Waals surface area contributed by atoms with Gasteiger partial charge in [0, 0.05) is 17.3 Å². The molecule has 1 fully saturated rings. The maximum Gasteiger partial charge on any atom is 0.156 e. The fourth-order valence-corrected chi connectivity index (χ4v) is 2.62. The largest absolute Gasteiger partial charge is 0.388 e. The Hall–Kier alpha value is -1.68. The second-order valence-electron chi connectivity index (χ2n) is 5.07. The van der Waals surface area contributed by atoms with E-state index < -0.39 is 5.60 Å². The molecule has 2 aromatic rings. The summed E-state index contributed by atoms with van der Waals surface area (Å²) in [5, 5.41) is 23.8. The van der Waals surface area contributed by atoms with Crippen molar-refractivity contribution < 1.29 is 5.11 Å². The van der Waals surface area contributed by atoms with Gasteiger partial charge in [0.2, 0.25) is 0 Å². The Morgan fingerprint density at radius 3 is 2.83 bits per heavy atom. The highest BCUT2D eigenvalue weighted by molar-refractivity contribution is 5.90. The van der Waals surface area contributed by atoms with Crippen molar-refractivity contribution in [3.05, 3.63) is 30.5 Å². The Bertz CT molecular complexity index is 544. The van der Waals surface area contributed by atoms with Gasteiger partial charge in [-0.2, -0.15) is 5.10 Å². The molecule has 1 aromatic heterocycles. The van der Waals surface area contributed by atoms with Crippen LogP contribution in [0.3, 0.4) is 0 Å². The molecule has 2 N–H and O–H groups in total. The van der Waals surface area contributed by atoms with Crippen LogP contribution in [0.5, 0.6) is 0 Å². The Kier molecular flexibility index (Phi) is 2.88. The van der Waals surface area contributed by atoms with Crippen molar-refractivity contribution in [2.24, 2.45) is 0 Å². The summed E-state index contributed by atoms with van der Waals surface area (Å²) in [6.07, 6.45) is 5.72. The van der Waals surface area contributed by atoms with Crippen LogP contribution in [0.15, 0.2) is 30.5 Å². The van der Waals surface area contributed by atoms with E-state index in [2.05, 4.69) is 15.5 Å². The monoisotopic (exact) mass is 243 g/mol. The van der Waals surface area contributed by atoms with E-state index in [-0.39, 0.29) is 0 Å². The Morgan fingerprint density at radius 1 is 1.22 bits per heavy atom. The van der Waals surface area contributed by atoms with E-state index >= 15 is 0 Å². The van der Waals surface area contributed by atoms with Crippen LogP contribution in [0.2, 0.25) is 0 Å². The highest BCUT2D eigenvalue weighted by Crippen LogP contribution is 2.30. The molecule has 1 aromatic carbocycles. The van der Waals surface area contributed by atoms with Crippen molar-refractivity contribution in [1.82, 2.24) is 10.2 Å². The zero-order chi connectivity index (χ0) is 12.4. The molecule has 1 saturated carbocycles. The first-order chi connectivity index (χ1) is 8.77. The molecule has 0 spiro atoms. The zero-order valence-electron chi connectivity index (χ0n) is 10.3. The van der Waals surface area contributed by atoms with Gasteiger partial charge in [-0.15, -0.1) is 5.10 Å². The van der Waals surface area contributed by atoms with E-state index in [9.17, 15) is 5.11 Å². The zero-order valence-corrected chi connectivity index (χ0v) is 10.3.